The molecule has 1 amide bonds. The third-order valence-electron chi connectivity index (χ3n) is 9.23. The number of ketones is 1. The Morgan fingerprint density at radius 2 is 1.77 bits per heavy atom. The van der Waals surface area contributed by atoms with E-state index < -0.39 is 23.7 Å². The number of cyclic esters (lactones) is 1. The number of aryl methyl sites for hydroxylation is 1. The maximum Gasteiger partial charge on any atom is 0.342 e. The summed E-state index contributed by atoms with van der Waals surface area (Å²) in [5, 5.41) is 26.5. The van der Waals surface area contributed by atoms with E-state index in [1.165, 1.54) is 27.4 Å². The Hall–Kier alpha value is -5.52. The number of ether oxygens (including phenoxy) is 4. The third-order valence-corrected chi connectivity index (χ3v) is 9.23. The van der Waals surface area contributed by atoms with Gasteiger partial charge in [-0.25, -0.2) is 9.78 Å². The molecule has 0 radical (unpaired) electrons. The molecule has 1 aromatic heterocycles. The van der Waals surface area contributed by atoms with E-state index in [9.17, 15) is 24.6 Å². The lowest BCUT2D eigenvalue weighted by Crippen LogP contribution is -2.27. The number of aromatic amines is 1. The Morgan fingerprint density at radius 3 is 2.48 bits per heavy atom. The average Bonchev–Trinajstić information content (AvgIpc) is 3.54. The topological polar surface area (TPSA) is 169 Å². The van der Waals surface area contributed by atoms with Gasteiger partial charge < -0.3 is 39.5 Å². The molecule has 5 rings (SSSR count). The van der Waals surface area contributed by atoms with Crippen molar-refractivity contribution in [1.82, 2.24) is 15.3 Å². The standard InChI is InChI=1S/C40H47N3O9/c1-24-12-10-15-27(44)14-7-5-6-13-25-20-31(45)37(38(47)36(25)40(48)52-24)28(26-21-32(49-2)39(51-4)33(22-26)50-3)23-35(46)41-19-11-18-34-42-29-16-8-9-17-30(29)43-34/h6,8-9,13,16-17,20-22,24,28,45,47H,5,7,10-12,14-15,18-19,23H2,1-4H3,(H,41,46)(H,42,43)/t24-,28?/m0/s1. The zero-order valence-electron chi connectivity index (χ0n) is 30.1. The van der Waals surface area contributed by atoms with Crippen molar-refractivity contribution >= 4 is 34.8 Å². The number of imidazole rings is 1. The summed E-state index contributed by atoms with van der Waals surface area (Å²) in [5.74, 6) is -1.02. The van der Waals surface area contributed by atoms with Gasteiger partial charge in [0, 0.05) is 43.7 Å². The van der Waals surface area contributed by atoms with Crippen LogP contribution in [0.4, 0.5) is 0 Å². The van der Waals surface area contributed by atoms with Crippen LogP contribution in [0.3, 0.4) is 0 Å². The van der Waals surface area contributed by atoms with Gasteiger partial charge >= 0.3 is 5.97 Å². The molecular weight excluding hydrogens is 666 g/mol. The molecule has 12 heteroatoms. The number of allylic oxidation sites excluding steroid dienone is 1. The summed E-state index contributed by atoms with van der Waals surface area (Å²) < 4.78 is 22.5. The Bertz CT molecular complexity index is 1870. The number of amides is 1. The van der Waals surface area contributed by atoms with Gasteiger partial charge in [0.2, 0.25) is 11.7 Å². The fourth-order valence-electron chi connectivity index (χ4n) is 6.57. The zero-order valence-corrected chi connectivity index (χ0v) is 30.1. The lowest BCUT2D eigenvalue weighted by Gasteiger charge is -2.24. The van der Waals surface area contributed by atoms with E-state index in [4.69, 9.17) is 18.9 Å². The number of fused-ring (bicyclic) bond motifs is 2. The first-order valence-electron chi connectivity index (χ1n) is 17.6. The summed E-state index contributed by atoms with van der Waals surface area (Å²) in [5.41, 5.74) is 2.36. The Balaban J connectivity index is 1.50. The average molecular weight is 714 g/mol. The fourth-order valence-corrected chi connectivity index (χ4v) is 6.57. The molecule has 2 atom stereocenters. The number of esters is 1. The summed E-state index contributed by atoms with van der Waals surface area (Å²) in [6.45, 7) is 2.08. The van der Waals surface area contributed by atoms with Crippen LogP contribution in [-0.4, -0.2) is 71.8 Å². The molecule has 0 bridgehead atoms. The van der Waals surface area contributed by atoms with Crippen molar-refractivity contribution < 1.29 is 43.5 Å². The number of hydrogen-bond acceptors (Lipinski definition) is 10. The maximum absolute atomic E-state index is 13.7. The first-order chi connectivity index (χ1) is 25.1. The van der Waals surface area contributed by atoms with Gasteiger partial charge in [0.25, 0.3) is 0 Å². The number of para-hydroxylation sites is 2. The highest BCUT2D eigenvalue weighted by Gasteiger charge is 2.32. The van der Waals surface area contributed by atoms with Crippen molar-refractivity contribution in [2.24, 2.45) is 0 Å². The maximum atomic E-state index is 13.7. The van der Waals surface area contributed by atoms with Crippen molar-refractivity contribution in [2.75, 3.05) is 27.9 Å². The van der Waals surface area contributed by atoms with Gasteiger partial charge in [0.15, 0.2) is 11.5 Å². The molecule has 52 heavy (non-hydrogen) atoms. The quantitative estimate of drug-likeness (QED) is 0.0963. The van der Waals surface area contributed by atoms with E-state index in [0.717, 1.165) is 16.9 Å². The molecule has 0 saturated carbocycles. The number of aromatic nitrogens is 2. The number of methoxy groups -OCH3 is 3. The van der Waals surface area contributed by atoms with E-state index in [2.05, 4.69) is 15.3 Å². The SMILES string of the molecule is COc1cc(C(CC(=O)NCCCc2nc3ccccc3[nH]2)c2c(O)cc3c(c2O)C(=O)O[C@@H](C)CCCC(=O)CCCC=C3)cc(OC)c1OC. The van der Waals surface area contributed by atoms with E-state index in [-0.39, 0.29) is 40.6 Å². The molecule has 1 aliphatic rings. The Kier molecular flexibility index (Phi) is 12.8. The summed E-state index contributed by atoms with van der Waals surface area (Å²) in [6.07, 6.45) is 6.99. The minimum absolute atomic E-state index is 0.0323. The van der Waals surface area contributed by atoms with Gasteiger partial charge in [-0.15, -0.1) is 0 Å². The third kappa shape index (κ3) is 9.03. The monoisotopic (exact) mass is 713 g/mol. The molecule has 2 heterocycles. The van der Waals surface area contributed by atoms with Crippen LogP contribution >= 0.6 is 0 Å². The molecule has 4 aromatic rings. The number of aromatic hydroxyl groups is 2. The number of Topliss-reactive ketones (excluding diaryl/α,β-unsaturated/α-hetero) is 1. The number of phenolic OH excluding ortho intramolecular Hbond substituents is 2. The molecule has 12 nitrogen and oxygen atoms in total. The first kappa shape index (κ1) is 37.7. The lowest BCUT2D eigenvalue weighted by molar-refractivity contribution is -0.121. The van der Waals surface area contributed by atoms with Crippen LogP contribution in [0.1, 0.15) is 97.1 Å². The first-order valence-corrected chi connectivity index (χ1v) is 17.6. The number of benzene rings is 3. The van der Waals surface area contributed by atoms with E-state index >= 15 is 0 Å². The van der Waals surface area contributed by atoms with E-state index in [0.29, 0.717) is 80.7 Å². The second-order valence-corrected chi connectivity index (χ2v) is 12.9. The van der Waals surface area contributed by atoms with Crippen molar-refractivity contribution in [1.29, 1.82) is 0 Å². The van der Waals surface area contributed by atoms with Gasteiger partial charge in [-0.2, -0.15) is 0 Å². The number of H-pyrrole nitrogens is 1. The molecule has 0 aliphatic carbocycles. The van der Waals surface area contributed by atoms with Crippen LogP contribution in [0.5, 0.6) is 28.7 Å². The largest absolute Gasteiger partial charge is 0.507 e. The molecule has 1 unspecified atom stereocenters. The fraction of sp³-hybridized carbons (Fsp3) is 0.400. The predicted molar refractivity (Wildman–Crippen MR) is 196 cm³/mol. The van der Waals surface area contributed by atoms with Crippen molar-refractivity contribution in [2.45, 2.75) is 76.7 Å². The molecule has 0 spiro atoms. The van der Waals surface area contributed by atoms with Crippen LogP contribution in [0.25, 0.3) is 17.1 Å². The number of hydrogen-bond donors (Lipinski definition) is 4. The molecule has 4 N–H and O–H groups in total. The number of rotatable bonds is 11. The van der Waals surface area contributed by atoms with Crippen molar-refractivity contribution in [3.05, 3.63) is 76.6 Å². The smallest absolute Gasteiger partial charge is 0.342 e. The summed E-state index contributed by atoms with van der Waals surface area (Å²) in [4.78, 5) is 47.5. The van der Waals surface area contributed by atoms with Crippen LogP contribution < -0.4 is 19.5 Å². The summed E-state index contributed by atoms with van der Waals surface area (Å²) in [6, 6.07) is 12.4. The highest BCUT2D eigenvalue weighted by molar-refractivity contribution is 5.98. The van der Waals surface area contributed by atoms with Crippen LogP contribution in [0.2, 0.25) is 0 Å². The molecule has 0 saturated heterocycles. The molecular formula is C40H47N3O9. The highest BCUT2D eigenvalue weighted by Crippen LogP contribution is 2.47. The zero-order chi connectivity index (χ0) is 37.2. The van der Waals surface area contributed by atoms with Gasteiger partial charge in [-0.3, -0.25) is 9.59 Å². The number of carbonyl (C=O) groups is 3. The van der Waals surface area contributed by atoms with E-state index in [1.54, 1.807) is 31.2 Å². The second-order valence-electron chi connectivity index (χ2n) is 12.9. The van der Waals surface area contributed by atoms with E-state index in [1.807, 2.05) is 24.3 Å². The van der Waals surface area contributed by atoms with Crippen molar-refractivity contribution in [3.63, 3.8) is 0 Å². The summed E-state index contributed by atoms with van der Waals surface area (Å²) in [7, 11) is 4.40. The molecule has 0 fully saturated rings. The van der Waals surface area contributed by atoms with Crippen LogP contribution in [0, 0.1) is 0 Å². The number of phenols is 2. The second kappa shape index (κ2) is 17.6. The molecule has 276 valence electrons. The minimum atomic E-state index is -0.970. The van der Waals surface area contributed by atoms with Crippen molar-refractivity contribution in [3.8, 4) is 28.7 Å². The Morgan fingerprint density at radius 1 is 1.04 bits per heavy atom. The summed E-state index contributed by atoms with van der Waals surface area (Å²) >= 11 is 0. The minimum Gasteiger partial charge on any atom is -0.507 e. The van der Waals surface area contributed by atoms with Gasteiger partial charge in [-0.05, 0) is 80.5 Å². The molecule has 1 aliphatic heterocycles. The van der Waals surface area contributed by atoms with Gasteiger partial charge in [0.1, 0.15) is 28.7 Å². The normalized spacial score (nSPS) is 16.0. The number of nitrogens with one attached hydrogen (secondary N) is 2. The number of carbonyl (C=O) groups excluding carboxylic acids is 3. The van der Waals surface area contributed by atoms with Gasteiger partial charge in [-0.1, -0.05) is 24.3 Å². The number of nitrogens with zero attached hydrogens (tertiary/aromatic N) is 1. The Labute approximate surface area is 303 Å². The highest BCUT2D eigenvalue weighted by atomic mass is 16.5. The molecule has 3 aromatic carbocycles. The van der Waals surface area contributed by atoms with Crippen LogP contribution in [0.15, 0.2) is 48.5 Å². The lowest BCUT2D eigenvalue weighted by atomic mass is 9.84. The van der Waals surface area contributed by atoms with Crippen LogP contribution in [-0.2, 0) is 20.7 Å². The predicted octanol–water partition coefficient (Wildman–Crippen LogP) is 6.75. The van der Waals surface area contributed by atoms with Gasteiger partial charge in [0.05, 0.1) is 38.5 Å².